The lowest BCUT2D eigenvalue weighted by Gasteiger charge is -2.26. The molecule has 0 spiro atoms. The average molecular weight is 202 g/mol. The zero-order valence-corrected chi connectivity index (χ0v) is 9.92. The summed E-state index contributed by atoms with van der Waals surface area (Å²) in [5, 5.41) is 9.74. The van der Waals surface area contributed by atoms with Gasteiger partial charge in [0, 0.05) is 13.1 Å². The summed E-state index contributed by atoms with van der Waals surface area (Å²) in [5.41, 5.74) is 4.77. The van der Waals surface area contributed by atoms with E-state index in [4.69, 9.17) is 5.73 Å². The first-order valence-electron chi connectivity index (χ1n) is 5.70. The molecule has 0 aliphatic carbocycles. The van der Waals surface area contributed by atoms with Crippen molar-refractivity contribution in [1.82, 2.24) is 4.90 Å². The number of aliphatic hydroxyl groups is 1. The maximum atomic E-state index is 9.74. The summed E-state index contributed by atoms with van der Waals surface area (Å²) in [4.78, 5) is 2.37. The molecule has 0 amide bonds. The van der Waals surface area contributed by atoms with Crippen LogP contribution in [-0.2, 0) is 0 Å². The molecule has 1 unspecified atom stereocenters. The first-order chi connectivity index (χ1) is 6.55. The molecule has 0 radical (unpaired) electrons. The first-order valence-corrected chi connectivity index (χ1v) is 5.70. The van der Waals surface area contributed by atoms with Gasteiger partial charge in [-0.25, -0.2) is 0 Å². The molecule has 0 aromatic carbocycles. The maximum Gasteiger partial charge on any atom is 0.0753 e. The minimum Gasteiger partial charge on any atom is -0.389 e. The van der Waals surface area contributed by atoms with Crippen LogP contribution in [0.3, 0.4) is 0 Å². The van der Waals surface area contributed by atoms with E-state index in [0.29, 0.717) is 6.54 Å². The Morgan fingerprint density at radius 2 is 1.93 bits per heavy atom. The second kappa shape index (κ2) is 7.21. The minimum absolute atomic E-state index is 0.346. The molecule has 0 rings (SSSR count). The second-order valence-electron chi connectivity index (χ2n) is 4.24. The topological polar surface area (TPSA) is 49.5 Å². The van der Waals surface area contributed by atoms with E-state index in [1.165, 1.54) is 12.8 Å². The van der Waals surface area contributed by atoms with Gasteiger partial charge < -0.3 is 15.7 Å². The van der Waals surface area contributed by atoms with Gasteiger partial charge >= 0.3 is 0 Å². The van der Waals surface area contributed by atoms with Crippen LogP contribution in [0.5, 0.6) is 0 Å². The number of hydrogen-bond donors (Lipinski definition) is 2. The standard InChI is InChI=1S/C11H26N2O/c1-4-6-8-13(5-2)9-7-11(3,14)10-12/h14H,4-10,12H2,1-3H3. The number of nitrogens with zero attached hydrogens (tertiary/aromatic N) is 1. The largest absolute Gasteiger partial charge is 0.389 e. The van der Waals surface area contributed by atoms with Crippen LogP contribution in [0.4, 0.5) is 0 Å². The highest BCUT2D eigenvalue weighted by atomic mass is 16.3. The van der Waals surface area contributed by atoms with Gasteiger partial charge in [0.25, 0.3) is 0 Å². The van der Waals surface area contributed by atoms with E-state index in [9.17, 15) is 5.11 Å². The van der Waals surface area contributed by atoms with Crippen LogP contribution < -0.4 is 5.73 Å². The Hall–Kier alpha value is -0.120. The Morgan fingerprint density at radius 1 is 1.29 bits per heavy atom. The maximum absolute atomic E-state index is 9.74. The fourth-order valence-electron chi connectivity index (χ4n) is 1.31. The van der Waals surface area contributed by atoms with E-state index in [2.05, 4.69) is 18.7 Å². The molecule has 0 aliphatic heterocycles. The van der Waals surface area contributed by atoms with Gasteiger partial charge in [-0.1, -0.05) is 20.3 Å². The summed E-state index contributed by atoms with van der Waals surface area (Å²) in [6.45, 7) is 9.64. The molecule has 0 bridgehead atoms. The molecular formula is C11H26N2O. The smallest absolute Gasteiger partial charge is 0.0753 e. The summed E-state index contributed by atoms with van der Waals surface area (Å²) in [5.74, 6) is 0. The SMILES string of the molecule is CCCCN(CC)CCC(C)(O)CN. The minimum atomic E-state index is -0.695. The van der Waals surface area contributed by atoms with Crippen molar-refractivity contribution in [2.75, 3.05) is 26.2 Å². The fourth-order valence-corrected chi connectivity index (χ4v) is 1.31. The van der Waals surface area contributed by atoms with Gasteiger partial charge in [-0.05, 0) is 32.9 Å². The highest BCUT2D eigenvalue weighted by molar-refractivity contribution is 4.74. The molecule has 3 N–H and O–H groups in total. The highest BCUT2D eigenvalue weighted by Gasteiger charge is 2.18. The lowest BCUT2D eigenvalue weighted by Crippen LogP contribution is -2.38. The summed E-state index contributed by atoms with van der Waals surface area (Å²) in [6, 6.07) is 0. The Kier molecular flexibility index (Phi) is 7.15. The zero-order valence-electron chi connectivity index (χ0n) is 9.92. The van der Waals surface area contributed by atoms with Crippen molar-refractivity contribution < 1.29 is 5.11 Å². The third-order valence-corrected chi connectivity index (χ3v) is 2.68. The average Bonchev–Trinajstić information content (AvgIpc) is 2.18. The van der Waals surface area contributed by atoms with E-state index in [1.54, 1.807) is 6.92 Å². The Balaban J connectivity index is 3.71. The van der Waals surface area contributed by atoms with Crippen molar-refractivity contribution >= 4 is 0 Å². The highest BCUT2D eigenvalue weighted by Crippen LogP contribution is 2.08. The van der Waals surface area contributed by atoms with Gasteiger partial charge in [-0.15, -0.1) is 0 Å². The van der Waals surface area contributed by atoms with Gasteiger partial charge in [0.05, 0.1) is 5.60 Å². The molecular weight excluding hydrogens is 176 g/mol. The van der Waals surface area contributed by atoms with E-state index in [0.717, 1.165) is 26.1 Å². The van der Waals surface area contributed by atoms with Gasteiger partial charge in [0.2, 0.25) is 0 Å². The van der Waals surface area contributed by atoms with Crippen molar-refractivity contribution in [2.45, 2.75) is 45.6 Å². The van der Waals surface area contributed by atoms with Crippen LogP contribution in [0.15, 0.2) is 0 Å². The van der Waals surface area contributed by atoms with Crippen LogP contribution in [0.2, 0.25) is 0 Å². The molecule has 0 saturated carbocycles. The van der Waals surface area contributed by atoms with E-state index >= 15 is 0 Å². The normalized spacial score (nSPS) is 15.9. The molecule has 0 heterocycles. The van der Waals surface area contributed by atoms with Crippen LogP contribution in [0, 0.1) is 0 Å². The van der Waals surface area contributed by atoms with Gasteiger partial charge in [0.15, 0.2) is 0 Å². The van der Waals surface area contributed by atoms with Crippen molar-refractivity contribution in [1.29, 1.82) is 0 Å². The zero-order chi connectivity index (χ0) is 11.0. The number of hydrogen-bond acceptors (Lipinski definition) is 3. The lowest BCUT2D eigenvalue weighted by atomic mass is 10.0. The van der Waals surface area contributed by atoms with Crippen LogP contribution in [0.1, 0.15) is 40.0 Å². The van der Waals surface area contributed by atoms with Gasteiger partial charge in [-0.3, -0.25) is 0 Å². The van der Waals surface area contributed by atoms with Crippen molar-refractivity contribution in [3.05, 3.63) is 0 Å². The van der Waals surface area contributed by atoms with Crippen molar-refractivity contribution in [3.63, 3.8) is 0 Å². The Morgan fingerprint density at radius 3 is 2.36 bits per heavy atom. The number of nitrogens with two attached hydrogens (primary N) is 1. The molecule has 3 nitrogen and oxygen atoms in total. The monoisotopic (exact) mass is 202 g/mol. The molecule has 0 fully saturated rings. The van der Waals surface area contributed by atoms with E-state index in [-0.39, 0.29) is 0 Å². The van der Waals surface area contributed by atoms with E-state index < -0.39 is 5.60 Å². The Labute approximate surface area is 88.3 Å². The number of unbranched alkanes of at least 4 members (excludes halogenated alkanes) is 1. The molecule has 1 atom stereocenters. The molecule has 0 aliphatic rings. The summed E-state index contributed by atoms with van der Waals surface area (Å²) >= 11 is 0. The predicted octanol–water partition coefficient (Wildman–Crippen LogP) is 1.21. The van der Waals surface area contributed by atoms with Crippen LogP contribution >= 0.6 is 0 Å². The molecule has 3 heteroatoms. The second-order valence-corrected chi connectivity index (χ2v) is 4.24. The summed E-state index contributed by atoms with van der Waals surface area (Å²) in [6.07, 6.45) is 3.23. The lowest BCUT2D eigenvalue weighted by molar-refractivity contribution is 0.0481. The predicted molar refractivity (Wildman–Crippen MR) is 61.3 cm³/mol. The molecule has 0 saturated heterocycles. The molecule has 14 heavy (non-hydrogen) atoms. The molecule has 0 aromatic heterocycles. The van der Waals surface area contributed by atoms with E-state index in [1.807, 2.05) is 0 Å². The summed E-state index contributed by atoms with van der Waals surface area (Å²) in [7, 11) is 0. The Bertz CT molecular complexity index is 137. The van der Waals surface area contributed by atoms with Crippen LogP contribution in [-0.4, -0.2) is 41.8 Å². The van der Waals surface area contributed by atoms with Crippen molar-refractivity contribution in [2.24, 2.45) is 5.73 Å². The van der Waals surface area contributed by atoms with Gasteiger partial charge in [-0.2, -0.15) is 0 Å². The number of rotatable bonds is 8. The quantitative estimate of drug-likeness (QED) is 0.622. The van der Waals surface area contributed by atoms with Gasteiger partial charge in [0.1, 0.15) is 0 Å². The molecule has 0 aromatic rings. The third kappa shape index (κ3) is 6.35. The van der Waals surface area contributed by atoms with Crippen LogP contribution in [0.25, 0.3) is 0 Å². The van der Waals surface area contributed by atoms with Crippen molar-refractivity contribution in [3.8, 4) is 0 Å². The fraction of sp³-hybridized carbons (Fsp3) is 1.00. The summed E-state index contributed by atoms with van der Waals surface area (Å²) < 4.78 is 0. The molecule has 86 valence electrons. The third-order valence-electron chi connectivity index (χ3n) is 2.68. The first kappa shape index (κ1) is 13.9.